The van der Waals surface area contributed by atoms with E-state index in [2.05, 4.69) is 5.32 Å². The van der Waals surface area contributed by atoms with Crippen LogP contribution in [0.2, 0.25) is 0 Å². The number of nitrogens with zero attached hydrogens (tertiary/aromatic N) is 1. The van der Waals surface area contributed by atoms with Gasteiger partial charge in [0.05, 0.1) is 38.6 Å². The predicted octanol–water partition coefficient (Wildman–Crippen LogP) is -2.58. The van der Waals surface area contributed by atoms with Gasteiger partial charge >= 0.3 is 0 Å². The van der Waals surface area contributed by atoms with Gasteiger partial charge in [-0.25, -0.2) is 0 Å². The third kappa shape index (κ3) is 9.78. The number of halogens is 2. The summed E-state index contributed by atoms with van der Waals surface area (Å²) >= 11 is 0. The molecule has 0 aliphatic heterocycles. The van der Waals surface area contributed by atoms with E-state index in [1.807, 2.05) is 4.90 Å². The lowest BCUT2D eigenvalue weighted by atomic mass is 10.0. The lowest BCUT2D eigenvalue weighted by Crippen LogP contribution is -2.56. The molecule has 120 valence electrons. The molecule has 0 aromatic heterocycles. The Morgan fingerprint density at radius 1 is 0.737 bits per heavy atom. The second kappa shape index (κ2) is 14.7. The zero-order valence-corrected chi connectivity index (χ0v) is 12.5. The van der Waals surface area contributed by atoms with Crippen molar-refractivity contribution in [2.24, 2.45) is 0 Å². The highest BCUT2D eigenvalue weighted by molar-refractivity contribution is 5.85. The third-order valence-electron chi connectivity index (χ3n) is 2.67. The van der Waals surface area contributed by atoms with Gasteiger partial charge < -0.3 is 30.8 Å². The van der Waals surface area contributed by atoms with Crippen LogP contribution in [0.15, 0.2) is 0 Å². The zero-order valence-electron chi connectivity index (χ0n) is 10.9. The van der Waals surface area contributed by atoms with Gasteiger partial charge in [-0.15, -0.1) is 24.8 Å². The van der Waals surface area contributed by atoms with Crippen molar-refractivity contribution in [3.05, 3.63) is 0 Å². The van der Waals surface area contributed by atoms with Crippen LogP contribution in [0.1, 0.15) is 0 Å². The summed E-state index contributed by atoms with van der Waals surface area (Å²) in [6.45, 7) is 0.806. The molecule has 0 saturated heterocycles. The first-order valence-electron chi connectivity index (χ1n) is 5.69. The van der Waals surface area contributed by atoms with Crippen LogP contribution in [0.4, 0.5) is 0 Å². The SMILES string of the molecule is Cl.Cl.OCCN(CCO)CCNC(CO)(CO)CO. The van der Waals surface area contributed by atoms with Crippen molar-refractivity contribution in [2.75, 3.05) is 59.2 Å². The molecule has 0 spiro atoms. The Balaban J connectivity index is -0.00000128. The molecule has 0 aliphatic carbocycles. The molecule has 7 nitrogen and oxygen atoms in total. The fourth-order valence-corrected chi connectivity index (χ4v) is 1.42. The van der Waals surface area contributed by atoms with E-state index in [1.54, 1.807) is 0 Å². The average molecular weight is 325 g/mol. The van der Waals surface area contributed by atoms with Gasteiger partial charge in [-0.2, -0.15) is 0 Å². The molecule has 6 N–H and O–H groups in total. The van der Waals surface area contributed by atoms with Crippen molar-refractivity contribution in [1.82, 2.24) is 10.2 Å². The van der Waals surface area contributed by atoms with Gasteiger partial charge in [0.1, 0.15) is 0 Å². The fraction of sp³-hybridized carbons (Fsp3) is 1.00. The maximum absolute atomic E-state index is 9.07. The van der Waals surface area contributed by atoms with Crippen molar-refractivity contribution in [2.45, 2.75) is 5.54 Å². The molecule has 0 fully saturated rings. The Kier molecular flexibility index (Phi) is 18.8. The van der Waals surface area contributed by atoms with Crippen LogP contribution in [0.5, 0.6) is 0 Å². The summed E-state index contributed by atoms with van der Waals surface area (Å²) in [5.74, 6) is 0. The molecule has 0 rings (SSSR count). The molecule has 9 heteroatoms. The van der Waals surface area contributed by atoms with Gasteiger partial charge in [0.25, 0.3) is 0 Å². The summed E-state index contributed by atoms with van der Waals surface area (Å²) in [6.07, 6.45) is 0. The van der Waals surface area contributed by atoms with Gasteiger partial charge in [-0.05, 0) is 0 Å². The smallest absolute Gasteiger partial charge is 0.0882 e. The molecule has 0 radical (unpaired) electrons. The van der Waals surface area contributed by atoms with Gasteiger partial charge in [0, 0.05) is 26.2 Å². The average Bonchev–Trinajstić information content (AvgIpc) is 2.36. The van der Waals surface area contributed by atoms with Crippen molar-refractivity contribution in [3.8, 4) is 0 Å². The highest BCUT2D eigenvalue weighted by Gasteiger charge is 2.26. The first kappa shape index (κ1) is 24.3. The molecule has 19 heavy (non-hydrogen) atoms. The molecule has 0 saturated carbocycles. The molecule has 0 aromatic rings. The molecular weight excluding hydrogens is 299 g/mol. The molecule has 0 heterocycles. The van der Waals surface area contributed by atoms with Gasteiger partial charge in [-0.1, -0.05) is 0 Å². The van der Waals surface area contributed by atoms with Crippen molar-refractivity contribution < 1.29 is 25.5 Å². The van der Waals surface area contributed by atoms with Crippen molar-refractivity contribution in [1.29, 1.82) is 0 Å². The second-order valence-electron chi connectivity index (χ2n) is 3.97. The Morgan fingerprint density at radius 3 is 1.47 bits per heavy atom. The number of aliphatic hydroxyl groups excluding tert-OH is 5. The molecule has 0 unspecified atom stereocenters. The summed E-state index contributed by atoms with van der Waals surface area (Å²) in [5, 5.41) is 47.7. The van der Waals surface area contributed by atoms with Gasteiger partial charge in [0.2, 0.25) is 0 Å². The van der Waals surface area contributed by atoms with Crippen LogP contribution in [0.25, 0.3) is 0 Å². The van der Waals surface area contributed by atoms with Crippen LogP contribution in [-0.4, -0.2) is 95.2 Å². The van der Waals surface area contributed by atoms with Crippen LogP contribution in [0, 0.1) is 0 Å². The minimum atomic E-state index is -1.08. The summed E-state index contributed by atoms with van der Waals surface area (Å²) in [6, 6.07) is 0. The van der Waals surface area contributed by atoms with Gasteiger partial charge in [0.15, 0.2) is 0 Å². The Hall–Kier alpha value is 0.300. The molecular formula is C10H26Cl2N2O5. The highest BCUT2D eigenvalue weighted by Crippen LogP contribution is 2.00. The van der Waals surface area contributed by atoms with Gasteiger partial charge in [-0.3, -0.25) is 4.90 Å². The second-order valence-corrected chi connectivity index (χ2v) is 3.97. The highest BCUT2D eigenvalue weighted by atomic mass is 35.5. The lowest BCUT2D eigenvalue weighted by Gasteiger charge is -2.30. The number of nitrogens with one attached hydrogen (secondary N) is 1. The van der Waals surface area contributed by atoms with E-state index >= 15 is 0 Å². The molecule has 0 amide bonds. The van der Waals surface area contributed by atoms with E-state index in [4.69, 9.17) is 25.5 Å². The first-order chi connectivity index (χ1) is 8.17. The van der Waals surface area contributed by atoms with E-state index in [1.165, 1.54) is 0 Å². The van der Waals surface area contributed by atoms with Crippen LogP contribution in [0.3, 0.4) is 0 Å². The number of rotatable bonds is 11. The number of hydrogen-bond acceptors (Lipinski definition) is 7. The van der Waals surface area contributed by atoms with Crippen molar-refractivity contribution in [3.63, 3.8) is 0 Å². The van der Waals surface area contributed by atoms with Crippen LogP contribution in [-0.2, 0) is 0 Å². The van der Waals surface area contributed by atoms with Crippen LogP contribution < -0.4 is 5.32 Å². The van der Waals surface area contributed by atoms with E-state index in [0.29, 0.717) is 26.2 Å². The molecule has 0 aliphatic rings. The maximum atomic E-state index is 9.07. The summed E-state index contributed by atoms with van der Waals surface area (Å²) in [4.78, 5) is 1.84. The maximum Gasteiger partial charge on any atom is 0.0882 e. The number of hydrogen-bond donors (Lipinski definition) is 6. The van der Waals surface area contributed by atoms with E-state index in [0.717, 1.165) is 0 Å². The largest absolute Gasteiger partial charge is 0.395 e. The molecule has 0 aromatic carbocycles. The van der Waals surface area contributed by atoms with E-state index in [9.17, 15) is 0 Å². The van der Waals surface area contributed by atoms with E-state index in [-0.39, 0.29) is 57.8 Å². The monoisotopic (exact) mass is 324 g/mol. The normalized spacial score (nSPS) is 11.1. The fourth-order valence-electron chi connectivity index (χ4n) is 1.42. The standard InChI is InChI=1S/C10H24N2O5.2ClH/c13-5-3-12(4-6-14)2-1-11-10(7-15,8-16)9-17;;/h11,13-17H,1-9H2;2*1H. The molecule has 0 bridgehead atoms. The first-order valence-corrected chi connectivity index (χ1v) is 5.69. The lowest BCUT2D eigenvalue weighted by molar-refractivity contribution is 0.0400. The van der Waals surface area contributed by atoms with Crippen LogP contribution >= 0.6 is 24.8 Å². The predicted molar refractivity (Wildman–Crippen MR) is 77.1 cm³/mol. The Bertz CT molecular complexity index is 173. The Labute approximate surface area is 126 Å². The summed E-state index contributed by atoms with van der Waals surface area (Å²) in [7, 11) is 0. The minimum Gasteiger partial charge on any atom is -0.395 e. The summed E-state index contributed by atoms with van der Waals surface area (Å²) < 4.78 is 0. The zero-order chi connectivity index (χ0) is 13.1. The quantitative estimate of drug-likeness (QED) is 0.247. The number of aliphatic hydroxyl groups is 5. The van der Waals surface area contributed by atoms with E-state index < -0.39 is 5.54 Å². The van der Waals surface area contributed by atoms with Crippen molar-refractivity contribution >= 4 is 24.8 Å². The third-order valence-corrected chi connectivity index (χ3v) is 2.67. The summed E-state index contributed by atoms with van der Waals surface area (Å²) in [5.41, 5.74) is -1.08. The molecule has 0 atom stereocenters. The topological polar surface area (TPSA) is 116 Å². The minimum absolute atomic E-state index is 0. The Morgan fingerprint density at radius 2 is 1.16 bits per heavy atom.